The molecule has 0 spiro atoms. The minimum Gasteiger partial charge on any atom is -0.477 e. The summed E-state index contributed by atoms with van der Waals surface area (Å²) in [7, 11) is 0. The zero-order valence-corrected chi connectivity index (χ0v) is 10.1. The van der Waals surface area contributed by atoms with Gasteiger partial charge < -0.3 is 14.7 Å². The maximum atomic E-state index is 10.9. The van der Waals surface area contributed by atoms with Crippen LogP contribution < -0.4 is 4.90 Å². The Kier molecular flexibility index (Phi) is 2.91. The molecular formula is C13H16N2O3. The number of anilines is 1. The molecule has 3 rings (SSSR count). The average molecular weight is 248 g/mol. The molecule has 5 heteroatoms. The Labute approximate surface area is 105 Å². The Hall–Kier alpha value is -1.62. The van der Waals surface area contributed by atoms with Crippen molar-refractivity contribution in [3.63, 3.8) is 0 Å². The van der Waals surface area contributed by atoms with Gasteiger partial charge in [-0.2, -0.15) is 0 Å². The molecule has 96 valence electrons. The van der Waals surface area contributed by atoms with Gasteiger partial charge in [0.05, 0.1) is 12.7 Å². The van der Waals surface area contributed by atoms with Crippen molar-refractivity contribution in [2.24, 2.45) is 5.92 Å². The van der Waals surface area contributed by atoms with Crippen LogP contribution in [-0.2, 0) is 4.74 Å². The third kappa shape index (κ3) is 2.31. The first-order valence-corrected chi connectivity index (χ1v) is 6.31. The van der Waals surface area contributed by atoms with Gasteiger partial charge in [-0.1, -0.05) is 6.07 Å². The number of nitrogens with zero attached hydrogens (tertiary/aromatic N) is 2. The van der Waals surface area contributed by atoms with E-state index in [2.05, 4.69) is 9.88 Å². The molecule has 1 saturated heterocycles. The van der Waals surface area contributed by atoms with E-state index in [-0.39, 0.29) is 11.8 Å². The van der Waals surface area contributed by atoms with Gasteiger partial charge in [0.25, 0.3) is 0 Å². The van der Waals surface area contributed by atoms with Crippen LogP contribution in [-0.4, -0.2) is 41.9 Å². The third-order valence-corrected chi connectivity index (χ3v) is 3.52. The SMILES string of the molecule is O=C(O)c1cccc(N2CCOC(C3CC3)C2)n1. The average Bonchev–Trinajstić information content (AvgIpc) is 3.23. The van der Waals surface area contributed by atoms with Crippen LogP contribution in [0.3, 0.4) is 0 Å². The number of carbonyl (C=O) groups is 1. The molecule has 2 aliphatic rings. The van der Waals surface area contributed by atoms with E-state index in [0.29, 0.717) is 12.5 Å². The van der Waals surface area contributed by atoms with Crippen LogP contribution in [0.15, 0.2) is 18.2 Å². The van der Waals surface area contributed by atoms with Crippen LogP contribution in [0, 0.1) is 5.92 Å². The van der Waals surface area contributed by atoms with E-state index in [9.17, 15) is 4.79 Å². The summed E-state index contributed by atoms with van der Waals surface area (Å²) < 4.78 is 5.75. The lowest BCUT2D eigenvalue weighted by Crippen LogP contribution is -2.44. The number of aromatic nitrogens is 1. The highest BCUT2D eigenvalue weighted by Crippen LogP contribution is 2.36. The Balaban J connectivity index is 1.76. The van der Waals surface area contributed by atoms with Crippen LogP contribution in [0.25, 0.3) is 0 Å². The van der Waals surface area contributed by atoms with E-state index < -0.39 is 5.97 Å². The van der Waals surface area contributed by atoms with E-state index in [1.165, 1.54) is 18.9 Å². The maximum absolute atomic E-state index is 10.9. The van der Waals surface area contributed by atoms with E-state index in [0.717, 1.165) is 18.9 Å². The van der Waals surface area contributed by atoms with Crippen molar-refractivity contribution >= 4 is 11.8 Å². The second-order valence-corrected chi connectivity index (χ2v) is 4.88. The molecule has 0 amide bonds. The van der Waals surface area contributed by atoms with E-state index in [1.807, 2.05) is 6.07 Å². The number of aromatic carboxylic acids is 1. The predicted octanol–water partition coefficient (Wildman–Crippen LogP) is 1.40. The summed E-state index contributed by atoms with van der Waals surface area (Å²) in [5, 5.41) is 8.95. The van der Waals surface area contributed by atoms with Crippen molar-refractivity contribution < 1.29 is 14.6 Å². The summed E-state index contributed by atoms with van der Waals surface area (Å²) in [6.07, 6.45) is 2.79. The van der Waals surface area contributed by atoms with Gasteiger partial charge in [0.15, 0.2) is 5.69 Å². The molecule has 0 bridgehead atoms. The van der Waals surface area contributed by atoms with Gasteiger partial charge in [0.1, 0.15) is 5.82 Å². The quantitative estimate of drug-likeness (QED) is 0.876. The number of pyridine rings is 1. The molecule has 0 radical (unpaired) electrons. The molecule has 1 aromatic rings. The van der Waals surface area contributed by atoms with Crippen LogP contribution in [0.1, 0.15) is 23.3 Å². The fourth-order valence-electron chi connectivity index (χ4n) is 2.36. The van der Waals surface area contributed by atoms with Gasteiger partial charge in [0.2, 0.25) is 0 Å². The lowest BCUT2D eigenvalue weighted by Gasteiger charge is -2.34. The first-order valence-electron chi connectivity index (χ1n) is 6.31. The Morgan fingerprint density at radius 2 is 2.28 bits per heavy atom. The molecule has 0 aromatic carbocycles. The monoisotopic (exact) mass is 248 g/mol. The van der Waals surface area contributed by atoms with Gasteiger partial charge in [-0.05, 0) is 30.9 Å². The van der Waals surface area contributed by atoms with Crippen molar-refractivity contribution in [1.82, 2.24) is 4.98 Å². The zero-order valence-electron chi connectivity index (χ0n) is 10.1. The number of morpholine rings is 1. The number of carboxylic acid groups (broad SMARTS) is 1. The number of hydrogen-bond donors (Lipinski definition) is 1. The lowest BCUT2D eigenvalue weighted by molar-refractivity contribution is 0.0261. The fraction of sp³-hybridized carbons (Fsp3) is 0.538. The van der Waals surface area contributed by atoms with E-state index in [4.69, 9.17) is 9.84 Å². The number of ether oxygens (including phenoxy) is 1. The standard InChI is InChI=1S/C13H16N2O3/c16-13(17)10-2-1-3-12(14-10)15-6-7-18-11(8-15)9-4-5-9/h1-3,9,11H,4-8H2,(H,16,17). The molecule has 1 unspecified atom stereocenters. The normalized spacial score (nSPS) is 24.0. The number of rotatable bonds is 3. The summed E-state index contributed by atoms with van der Waals surface area (Å²) in [4.78, 5) is 17.2. The predicted molar refractivity (Wildman–Crippen MR) is 65.9 cm³/mol. The lowest BCUT2D eigenvalue weighted by atomic mass is 10.2. The van der Waals surface area contributed by atoms with Crippen LogP contribution in [0.4, 0.5) is 5.82 Å². The van der Waals surface area contributed by atoms with Crippen molar-refractivity contribution in [2.45, 2.75) is 18.9 Å². The Bertz CT molecular complexity index is 459. The van der Waals surface area contributed by atoms with Gasteiger partial charge in [-0.15, -0.1) is 0 Å². The van der Waals surface area contributed by atoms with Crippen LogP contribution >= 0.6 is 0 Å². The summed E-state index contributed by atoms with van der Waals surface area (Å²) in [5.41, 5.74) is 0.0990. The van der Waals surface area contributed by atoms with Crippen LogP contribution in [0.2, 0.25) is 0 Å². The minimum atomic E-state index is -0.983. The Morgan fingerprint density at radius 1 is 1.44 bits per heavy atom. The molecular weight excluding hydrogens is 232 g/mol. The molecule has 5 nitrogen and oxygen atoms in total. The summed E-state index contributed by atoms with van der Waals surface area (Å²) in [6.45, 7) is 2.29. The van der Waals surface area contributed by atoms with Crippen molar-refractivity contribution in [2.75, 3.05) is 24.6 Å². The zero-order chi connectivity index (χ0) is 12.5. The number of hydrogen-bond acceptors (Lipinski definition) is 4. The minimum absolute atomic E-state index is 0.0990. The van der Waals surface area contributed by atoms with E-state index in [1.54, 1.807) is 6.07 Å². The highest BCUT2D eigenvalue weighted by Gasteiger charge is 2.35. The number of carboxylic acids is 1. The molecule has 2 fully saturated rings. The first kappa shape index (κ1) is 11.5. The molecule has 2 heterocycles. The molecule has 1 atom stereocenters. The molecule has 1 N–H and O–H groups in total. The summed E-state index contributed by atoms with van der Waals surface area (Å²) in [6, 6.07) is 5.12. The second-order valence-electron chi connectivity index (χ2n) is 4.88. The van der Waals surface area contributed by atoms with Gasteiger partial charge >= 0.3 is 5.97 Å². The largest absolute Gasteiger partial charge is 0.477 e. The summed E-state index contributed by atoms with van der Waals surface area (Å²) in [5.74, 6) is 0.447. The van der Waals surface area contributed by atoms with Gasteiger partial charge in [-0.3, -0.25) is 0 Å². The van der Waals surface area contributed by atoms with E-state index >= 15 is 0 Å². The molecule has 1 aliphatic heterocycles. The fourth-order valence-corrected chi connectivity index (χ4v) is 2.36. The highest BCUT2D eigenvalue weighted by molar-refractivity contribution is 5.85. The highest BCUT2D eigenvalue weighted by atomic mass is 16.5. The van der Waals surface area contributed by atoms with Crippen molar-refractivity contribution in [3.8, 4) is 0 Å². The summed E-state index contributed by atoms with van der Waals surface area (Å²) >= 11 is 0. The van der Waals surface area contributed by atoms with Gasteiger partial charge in [0, 0.05) is 13.1 Å². The van der Waals surface area contributed by atoms with Crippen molar-refractivity contribution in [3.05, 3.63) is 23.9 Å². The molecule has 1 aliphatic carbocycles. The van der Waals surface area contributed by atoms with Gasteiger partial charge in [-0.25, -0.2) is 9.78 Å². The second kappa shape index (κ2) is 4.57. The topological polar surface area (TPSA) is 62.7 Å². The smallest absolute Gasteiger partial charge is 0.354 e. The van der Waals surface area contributed by atoms with Crippen LogP contribution in [0.5, 0.6) is 0 Å². The third-order valence-electron chi connectivity index (χ3n) is 3.52. The Morgan fingerprint density at radius 3 is 3.00 bits per heavy atom. The maximum Gasteiger partial charge on any atom is 0.354 e. The van der Waals surface area contributed by atoms with Crippen molar-refractivity contribution in [1.29, 1.82) is 0 Å². The first-order chi connectivity index (χ1) is 8.74. The molecule has 1 saturated carbocycles. The molecule has 1 aromatic heterocycles. The molecule has 18 heavy (non-hydrogen) atoms.